The van der Waals surface area contributed by atoms with Crippen molar-refractivity contribution >= 4 is 38.9 Å². The molecule has 0 spiro atoms. The summed E-state index contributed by atoms with van der Waals surface area (Å²) in [5.74, 6) is 0.658. The van der Waals surface area contributed by atoms with Gasteiger partial charge in [0, 0.05) is 29.5 Å². The lowest BCUT2D eigenvalue weighted by Gasteiger charge is -2.14. The normalized spacial score (nSPS) is 10.9. The van der Waals surface area contributed by atoms with Gasteiger partial charge in [-0.1, -0.05) is 29.8 Å². The van der Waals surface area contributed by atoms with Crippen molar-refractivity contribution in [2.45, 2.75) is 6.54 Å². The predicted octanol–water partition coefficient (Wildman–Crippen LogP) is 3.55. The number of aromatic nitrogens is 2. The number of nitrogens with zero attached hydrogens (tertiary/aromatic N) is 2. The van der Waals surface area contributed by atoms with E-state index < -0.39 is 0 Å². The summed E-state index contributed by atoms with van der Waals surface area (Å²) in [5, 5.41) is 1.45. The standard InChI is InChI=1S/C14H12ClN3OS/c1-18(8-11-16-6-7-17-11)14(19)13-12(15)9-4-2-3-5-10(9)20-13/h2-7H,8H2,1H3,(H,16,17). The number of thiophene rings is 1. The minimum atomic E-state index is -0.0902. The maximum atomic E-state index is 12.5. The van der Waals surface area contributed by atoms with Crippen LogP contribution >= 0.6 is 22.9 Å². The van der Waals surface area contributed by atoms with Gasteiger partial charge in [-0.15, -0.1) is 11.3 Å². The monoisotopic (exact) mass is 305 g/mol. The Bertz CT molecular complexity index is 751. The van der Waals surface area contributed by atoms with Crippen LogP contribution in [0.15, 0.2) is 36.7 Å². The molecule has 0 atom stereocenters. The molecule has 0 saturated heterocycles. The smallest absolute Gasteiger partial charge is 0.265 e. The van der Waals surface area contributed by atoms with E-state index in [0.29, 0.717) is 16.4 Å². The van der Waals surface area contributed by atoms with Crippen molar-refractivity contribution in [3.8, 4) is 0 Å². The van der Waals surface area contributed by atoms with Gasteiger partial charge in [0.2, 0.25) is 0 Å². The summed E-state index contributed by atoms with van der Waals surface area (Å²) in [6, 6.07) is 7.75. The van der Waals surface area contributed by atoms with E-state index in [1.54, 1.807) is 24.3 Å². The number of benzene rings is 1. The van der Waals surface area contributed by atoms with Crippen molar-refractivity contribution in [2.24, 2.45) is 0 Å². The van der Waals surface area contributed by atoms with Crippen LogP contribution in [0.25, 0.3) is 10.1 Å². The van der Waals surface area contributed by atoms with E-state index >= 15 is 0 Å². The number of fused-ring (bicyclic) bond motifs is 1. The van der Waals surface area contributed by atoms with Crippen LogP contribution in [-0.2, 0) is 6.54 Å². The molecule has 0 aliphatic heterocycles. The maximum absolute atomic E-state index is 12.5. The van der Waals surface area contributed by atoms with Crippen LogP contribution in [0.1, 0.15) is 15.5 Å². The highest BCUT2D eigenvalue weighted by Gasteiger charge is 2.20. The molecule has 1 aromatic carbocycles. The van der Waals surface area contributed by atoms with Gasteiger partial charge in [0.05, 0.1) is 11.6 Å². The minimum Gasteiger partial charge on any atom is -0.347 e. The average molecular weight is 306 g/mol. The van der Waals surface area contributed by atoms with Crippen LogP contribution in [0, 0.1) is 0 Å². The lowest BCUT2D eigenvalue weighted by molar-refractivity contribution is 0.0787. The number of amides is 1. The van der Waals surface area contributed by atoms with Crippen molar-refractivity contribution in [2.75, 3.05) is 7.05 Å². The molecule has 0 bridgehead atoms. The van der Waals surface area contributed by atoms with Crippen LogP contribution in [0.3, 0.4) is 0 Å². The van der Waals surface area contributed by atoms with Gasteiger partial charge in [-0.3, -0.25) is 4.79 Å². The van der Waals surface area contributed by atoms with Gasteiger partial charge in [-0.25, -0.2) is 4.98 Å². The molecule has 2 heterocycles. The molecule has 3 aromatic rings. The Labute approximate surface area is 125 Å². The van der Waals surface area contributed by atoms with Crippen molar-refractivity contribution in [3.05, 3.63) is 52.4 Å². The van der Waals surface area contributed by atoms with E-state index in [1.807, 2.05) is 24.3 Å². The van der Waals surface area contributed by atoms with Crippen LogP contribution in [0.5, 0.6) is 0 Å². The minimum absolute atomic E-state index is 0.0902. The molecule has 0 saturated carbocycles. The van der Waals surface area contributed by atoms with Gasteiger partial charge >= 0.3 is 0 Å². The number of carbonyl (C=O) groups excluding carboxylic acids is 1. The Kier molecular flexibility index (Phi) is 3.46. The Hall–Kier alpha value is -1.85. The summed E-state index contributed by atoms with van der Waals surface area (Å²) in [6.07, 6.45) is 3.40. The summed E-state index contributed by atoms with van der Waals surface area (Å²) in [7, 11) is 1.74. The number of halogens is 1. The zero-order valence-corrected chi connectivity index (χ0v) is 12.3. The molecular formula is C14H12ClN3OS. The second-order valence-corrected chi connectivity index (χ2v) is 5.87. The van der Waals surface area contributed by atoms with Crippen molar-refractivity contribution in [1.82, 2.24) is 14.9 Å². The second kappa shape index (κ2) is 5.26. The van der Waals surface area contributed by atoms with Crippen LogP contribution in [0.2, 0.25) is 5.02 Å². The van der Waals surface area contributed by atoms with E-state index in [0.717, 1.165) is 15.9 Å². The number of hydrogen-bond donors (Lipinski definition) is 1. The Morgan fingerprint density at radius 2 is 2.25 bits per heavy atom. The molecule has 0 aliphatic carbocycles. The van der Waals surface area contributed by atoms with E-state index in [9.17, 15) is 4.79 Å². The average Bonchev–Trinajstić information content (AvgIpc) is 3.07. The zero-order chi connectivity index (χ0) is 14.1. The first-order chi connectivity index (χ1) is 9.66. The first kappa shape index (κ1) is 13.1. The van der Waals surface area contributed by atoms with Crippen LogP contribution in [-0.4, -0.2) is 27.8 Å². The Balaban J connectivity index is 1.90. The molecule has 0 unspecified atom stereocenters. The summed E-state index contributed by atoms with van der Waals surface area (Å²) in [6.45, 7) is 0.427. The third-order valence-corrected chi connectivity index (χ3v) is 4.68. The molecule has 0 radical (unpaired) electrons. The molecule has 0 aliphatic rings. The third kappa shape index (κ3) is 2.30. The second-order valence-electron chi connectivity index (χ2n) is 4.44. The summed E-state index contributed by atoms with van der Waals surface area (Å²) in [5.41, 5.74) is 0. The molecule has 6 heteroatoms. The molecule has 1 N–H and O–H groups in total. The SMILES string of the molecule is CN(Cc1ncc[nH]1)C(=O)c1sc2ccccc2c1Cl. The maximum Gasteiger partial charge on any atom is 0.265 e. The number of rotatable bonds is 3. The highest BCUT2D eigenvalue weighted by molar-refractivity contribution is 7.21. The first-order valence-electron chi connectivity index (χ1n) is 6.07. The fourth-order valence-electron chi connectivity index (χ4n) is 2.01. The van der Waals surface area contributed by atoms with Gasteiger partial charge in [0.25, 0.3) is 5.91 Å². The van der Waals surface area contributed by atoms with E-state index in [2.05, 4.69) is 9.97 Å². The Morgan fingerprint density at radius 3 is 2.95 bits per heavy atom. The third-order valence-electron chi connectivity index (χ3n) is 3.02. The van der Waals surface area contributed by atoms with Gasteiger partial charge in [-0.05, 0) is 6.07 Å². The molecule has 20 heavy (non-hydrogen) atoms. The fourth-order valence-corrected chi connectivity index (χ4v) is 3.51. The topological polar surface area (TPSA) is 49.0 Å². The summed E-state index contributed by atoms with van der Waals surface area (Å²) < 4.78 is 1.02. The number of aromatic amines is 1. The van der Waals surface area contributed by atoms with Crippen molar-refractivity contribution < 1.29 is 4.79 Å². The molecule has 3 rings (SSSR count). The molecular weight excluding hydrogens is 294 g/mol. The molecule has 102 valence electrons. The van der Waals surface area contributed by atoms with Gasteiger partial charge in [0.1, 0.15) is 10.7 Å². The molecule has 2 aromatic heterocycles. The highest BCUT2D eigenvalue weighted by atomic mass is 35.5. The number of carbonyl (C=O) groups is 1. The number of H-pyrrole nitrogens is 1. The number of imidazole rings is 1. The first-order valence-corrected chi connectivity index (χ1v) is 7.27. The largest absolute Gasteiger partial charge is 0.347 e. The number of nitrogens with one attached hydrogen (secondary N) is 1. The quantitative estimate of drug-likeness (QED) is 0.804. The summed E-state index contributed by atoms with van der Waals surface area (Å²) >= 11 is 7.74. The molecule has 1 amide bonds. The molecule has 0 fully saturated rings. The Morgan fingerprint density at radius 1 is 1.45 bits per heavy atom. The lowest BCUT2D eigenvalue weighted by Crippen LogP contribution is -2.26. The lowest BCUT2D eigenvalue weighted by atomic mass is 10.2. The number of hydrogen-bond acceptors (Lipinski definition) is 3. The van der Waals surface area contributed by atoms with Crippen LogP contribution < -0.4 is 0 Å². The van der Waals surface area contributed by atoms with E-state index in [4.69, 9.17) is 11.6 Å². The molecule has 4 nitrogen and oxygen atoms in total. The van der Waals surface area contributed by atoms with Crippen LogP contribution in [0.4, 0.5) is 0 Å². The van der Waals surface area contributed by atoms with Crippen molar-refractivity contribution in [1.29, 1.82) is 0 Å². The van der Waals surface area contributed by atoms with E-state index in [-0.39, 0.29) is 5.91 Å². The highest BCUT2D eigenvalue weighted by Crippen LogP contribution is 2.35. The van der Waals surface area contributed by atoms with E-state index in [1.165, 1.54) is 11.3 Å². The fraction of sp³-hybridized carbons (Fsp3) is 0.143. The van der Waals surface area contributed by atoms with Gasteiger partial charge < -0.3 is 9.88 Å². The van der Waals surface area contributed by atoms with Gasteiger partial charge in [-0.2, -0.15) is 0 Å². The van der Waals surface area contributed by atoms with Crippen molar-refractivity contribution in [3.63, 3.8) is 0 Å². The van der Waals surface area contributed by atoms with Gasteiger partial charge in [0.15, 0.2) is 0 Å². The zero-order valence-electron chi connectivity index (χ0n) is 10.8. The summed E-state index contributed by atoms with van der Waals surface area (Å²) in [4.78, 5) is 21.7. The predicted molar refractivity (Wildman–Crippen MR) is 81.2 cm³/mol.